The first-order chi connectivity index (χ1) is 13.4. The highest BCUT2D eigenvalue weighted by molar-refractivity contribution is 5.91. The van der Waals surface area contributed by atoms with Crippen LogP contribution in [0.5, 0.6) is 5.88 Å². The standard InChI is InChI=1S/C22H30N4O2/c1-6-18-14-19(21(28-5)23-17(18)4)24-22(27)26-12-10-25(11-13-26)20-15(2)8-7-9-16(20)3/h7-9,14H,6,10-13H2,1-5H3,(H,24,27). The van der Waals surface area contributed by atoms with Gasteiger partial charge in [-0.05, 0) is 49.9 Å². The molecule has 6 heteroatoms. The number of carbonyl (C=O) groups is 1. The Morgan fingerprint density at radius 1 is 1.14 bits per heavy atom. The van der Waals surface area contributed by atoms with Crippen LogP contribution in [-0.2, 0) is 6.42 Å². The van der Waals surface area contributed by atoms with E-state index in [9.17, 15) is 4.79 Å². The van der Waals surface area contributed by atoms with Crippen LogP contribution in [0.4, 0.5) is 16.2 Å². The van der Waals surface area contributed by atoms with E-state index in [1.54, 1.807) is 7.11 Å². The van der Waals surface area contributed by atoms with Gasteiger partial charge < -0.3 is 19.9 Å². The second-order valence-electron chi connectivity index (χ2n) is 7.29. The minimum Gasteiger partial charge on any atom is -0.480 e. The molecule has 2 amide bonds. The number of aryl methyl sites for hydroxylation is 4. The first-order valence-corrected chi connectivity index (χ1v) is 9.86. The van der Waals surface area contributed by atoms with E-state index in [-0.39, 0.29) is 6.03 Å². The zero-order valence-electron chi connectivity index (χ0n) is 17.5. The molecule has 0 saturated carbocycles. The van der Waals surface area contributed by atoms with Crippen molar-refractivity contribution in [2.24, 2.45) is 0 Å². The number of ether oxygens (including phenoxy) is 1. The third-order valence-electron chi connectivity index (χ3n) is 5.42. The average molecular weight is 383 g/mol. The van der Waals surface area contributed by atoms with Gasteiger partial charge in [0.05, 0.1) is 7.11 Å². The zero-order valence-corrected chi connectivity index (χ0v) is 17.5. The maximum Gasteiger partial charge on any atom is 0.322 e. The van der Waals surface area contributed by atoms with Gasteiger partial charge in [0.2, 0.25) is 5.88 Å². The number of pyridine rings is 1. The lowest BCUT2D eigenvalue weighted by molar-refractivity contribution is 0.208. The summed E-state index contributed by atoms with van der Waals surface area (Å²) in [6.45, 7) is 11.3. The van der Waals surface area contributed by atoms with Gasteiger partial charge in [0.15, 0.2) is 0 Å². The highest BCUT2D eigenvalue weighted by Crippen LogP contribution is 2.27. The Kier molecular flexibility index (Phi) is 6.07. The number of amides is 2. The van der Waals surface area contributed by atoms with Crippen LogP contribution in [-0.4, -0.2) is 49.2 Å². The molecule has 2 aromatic rings. The lowest BCUT2D eigenvalue weighted by atomic mass is 10.1. The molecule has 1 saturated heterocycles. The van der Waals surface area contributed by atoms with E-state index in [1.165, 1.54) is 16.8 Å². The van der Waals surface area contributed by atoms with E-state index >= 15 is 0 Å². The van der Waals surface area contributed by atoms with Gasteiger partial charge in [-0.3, -0.25) is 0 Å². The third-order valence-corrected chi connectivity index (χ3v) is 5.42. The van der Waals surface area contributed by atoms with Crippen molar-refractivity contribution in [3.8, 4) is 5.88 Å². The van der Waals surface area contributed by atoms with Crippen LogP contribution in [0.15, 0.2) is 24.3 Å². The van der Waals surface area contributed by atoms with Crippen molar-refractivity contribution in [3.05, 3.63) is 46.6 Å². The zero-order chi connectivity index (χ0) is 20.3. The molecular formula is C22H30N4O2. The maximum absolute atomic E-state index is 12.8. The van der Waals surface area contributed by atoms with Crippen LogP contribution >= 0.6 is 0 Å². The van der Waals surface area contributed by atoms with Crippen LogP contribution in [0.1, 0.15) is 29.3 Å². The van der Waals surface area contributed by atoms with Crippen LogP contribution in [0.2, 0.25) is 0 Å². The lowest BCUT2D eigenvalue weighted by Crippen LogP contribution is -2.50. The Labute approximate surface area is 167 Å². The molecule has 1 aliphatic rings. The molecule has 1 aromatic carbocycles. The van der Waals surface area contributed by atoms with Crippen molar-refractivity contribution in [2.45, 2.75) is 34.1 Å². The molecule has 150 valence electrons. The fourth-order valence-electron chi connectivity index (χ4n) is 3.86. The summed E-state index contributed by atoms with van der Waals surface area (Å²) in [5.41, 5.74) is 6.52. The number of aromatic nitrogens is 1. The molecule has 1 aromatic heterocycles. The number of methoxy groups -OCH3 is 1. The van der Waals surface area contributed by atoms with Crippen molar-refractivity contribution in [1.29, 1.82) is 0 Å². The van der Waals surface area contributed by atoms with Gasteiger partial charge in [-0.1, -0.05) is 25.1 Å². The van der Waals surface area contributed by atoms with Gasteiger partial charge in [-0.2, -0.15) is 0 Å². The van der Waals surface area contributed by atoms with Crippen molar-refractivity contribution < 1.29 is 9.53 Å². The van der Waals surface area contributed by atoms with Crippen molar-refractivity contribution >= 4 is 17.4 Å². The summed E-state index contributed by atoms with van der Waals surface area (Å²) in [5.74, 6) is 0.456. The molecule has 0 spiro atoms. The van der Waals surface area contributed by atoms with E-state index in [1.807, 2.05) is 17.9 Å². The van der Waals surface area contributed by atoms with Crippen molar-refractivity contribution in [2.75, 3.05) is 43.5 Å². The summed E-state index contributed by atoms with van der Waals surface area (Å²) in [4.78, 5) is 21.5. The van der Waals surface area contributed by atoms with E-state index in [4.69, 9.17) is 4.74 Å². The molecule has 0 bridgehead atoms. The van der Waals surface area contributed by atoms with E-state index < -0.39 is 0 Å². The van der Waals surface area contributed by atoms with E-state index in [0.29, 0.717) is 24.7 Å². The lowest BCUT2D eigenvalue weighted by Gasteiger charge is -2.37. The number of nitrogens with one attached hydrogen (secondary N) is 1. The molecule has 0 aliphatic carbocycles. The van der Waals surface area contributed by atoms with Crippen LogP contribution in [0, 0.1) is 20.8 Å². The van der Waals surface area contributed by atoms with Gasteiger partial charge in [0.25, 0.3) is 0 Å². The van der Waals surface area contributed by atoms with Crippen LogP contribution < -0.4 is 15.0 Å². The Balaban J connectivity index is 1.68. The maximum atomic E-state index is 12.8. The molecular weight excluding hydrogens is 352 g/mol. The predicted octanol–water partition coefficient (Wildman–Crippen LogP) is 3.93. The normalized spacial score (nSPS) is 14.2. The molecule has 1 fully saturated rings. The Hall–Kier alpha value is -2.76. The number of para-hydroxylation sites is 1. The molecule has 0 atom stereocenters. The summed E-state index contributed by atoms with van der Waals surface area (Å²) >= 11 is 0. The van der Waals surface area contributed by atoms with E-state index in [2.05, 4.69) is 54.2 Å². The molecule has 1 aliphatic heterocycles. The highest BCUT2D eigenvalue weighted by atomic mass is 16.5. The topological polar surface area (TPSA) is 57.7 Å². The predicted molar refractivity (Wildman–Crippen MR) is 114 cm³/mol. The fraction of sp³-hybridized carbons (Fsp3) is 0.455. The Morgan fingerprint density at radius 3 is 2.36 bits per heavy atom. The summed E-state index contributed by atoms with van der Waals surface area (Å²) in [6.07, 6.45) is 0.861. The SMILES string of the molecule is CCc1cc(NC(=O)N2CCN(c3c(C)cccc3C)CC2)c(OC)nc1C. The number of hydrogen-bond donors (Lipinski definition) is 1. The largest absolute Gasteiger partial charge is 0.480 e. The highest BCUT2D eigenvalue weighted by Gasteiger charge is 2.24. The number of piperazine rings is 1. The number of urea groups is 1. The number of anilines is 2. The summed E-state index contributed by atoms with van der Waals surface area (Å²) < 4.78 is 5.36. The summed E-state index contributed by atoms with van der Waals surface area (Å²) in [7, 11) is 1.58. The van der Waals surface area contributed by atoms with Gasteiger partial charge in [0, 0.05) is 37.6 Å². The van der Waals surface area contributed by atoms with Crippen LogP contribution in [0.25, 0.3) is 0 Å². The molecule has 0 unspecified atom stereocenters. The molecule has 0 radical (unpaired) electrons. The molecule has 1 N–H and O–H groups in total. The first kappa shape index (κ1) is 20.0. The number of hydrogen-bond acceptors (Lipinski definition) is 4. The summed E-state index contributed by atoms with van der Waals surface area (Å²) in [5, 5.41) is 2.99. The quantitative estimate of drug-likeness (QED) is 0.870. The van der Waals surface area contributed by atoms with Crippen LogP contribution in [0.3, 0.4) is 0 Å². The van der Waals surface area contributed by atoms with Gasteiger partial charge >= 0.3 is 6.03 Å². The van der Waals surface area contributed by atoms with Gasteiger partial charge in [-0.25, -0.2) is 9.78 Å². The first-order valence-electron chi connectivity index (χ1n) is 9.86. The summed E-state index contributed by atoms with van der Waals surface area (Å²) in [6, 6.07) is 8.23. The molecule has 6 nitrogen and oxygen atoms in total. The number of rotatable bonds is 4. The second-order valence-corrected chi connectivity index (χ2v) is 7.29. The van der Waals surface area contributed by atoms with Gasteiger partial charge in [-0.15, -0.1) is 0 Å². The minimum absolute atomic E-state index is 0.104. The smallest absolute Gasteiger partial charge is 0.322 e. The number of benzene rings is 1. The Bertz CT molecular complexity index is 838. The minimum atomic E-state index is -0.104. The Morgan fingerprint density at radius 2 is 1.79 bits per heavy atom. The fourth-order valence-corrected chi connectivity index (χ4v) is 3.86. The number of nitrogens with zero attached hydrogens (tertiary/aromatic N) is 3. The van der Waals surface area contributed by atoms with Gasteiger partial charge in [0.1, 0.15) is 5.69 Å². The second kappa shape index (κ2) is 8.50. The molecule has 28 heavy (non-hydrogen) atoms. The molecule has 2 heterocycles. The third kappa shape index (κ3) is 4.06. The number of carbonyl (C=O) groups excluding carboxylic acids is 1. The van der Waals surface area contributed by atoms with Crippen molar-refractivity contribution in [1.82, 2.24) is 9.88 Å². The average Bonchev–Trinajstić information content (AvgIpc) is 2.69. The van der Waals surface area contributed by atoms with E-state index in [0.717, 1.165) is 30.8 Å². The molecule has 3 rings (SSSR count). The monoisotopic (exact) mass is 382 g/mol. The van der Waals surface area contributed by atoms with Crippen molar-refractivity contribution in [3.63, 3.8) is 0 Å².